The lowest BCUT2D eigenvalue weighted by molar-refractivity contribution is -0.0312. The fraction of sp³-hybridized carbons (Fsp3) is 0.448. The van der Waals surface area contributed by atoms with Crippen LogP contribution < -0.4 is 15.8 Å². The van der Waals surface area contributed by atoms with E-state index in [2.05, 4.69) is 5.32 Å². The predicted octanol–water partition coefficient (Wildman–Crippen LogP) is 1.91. The van der Waals surface area contributed by atoms with Crippen LogP contribution in [0.5, 0.6) is 5.75 Å². The number of aliphatic hydroxyl groups excluding tert-OH is 1. The fourth-order valence-electron chi connectivity index (χ4n) is 5.52. The molecule has 12 heteroatoms. The Morgan fingerprint density at radius 3 is 2.51 bits per heavy atom. The molecular weight excluding hydrogens is 566 g/mol. The maximum atomic E-state index is 13.3. The molecule has 0 amide bonds. The SMILES string of the molecule is NCCS(=O)(=O)c1cccc(OC[C@@H](O)CNC2COC3(CCN(S(=O)(=O)c4ccc5ccccc5c4)CC3)C2)c1. The Balaban J connectivity index is 1.09. The van der Waals surface area contributed by atoms with Crippen LogP contribution in [0.25, 0.3) is 10.8 Å². The van der Waals surface area contributed by atoms with Crippen LogP contribution in [-0.4, -0.2) is 89.1 Å². The van der Waals surface area contributed by atoms with Crippen molar-refractivity contribution in [2.24, 2.45) is 5.73 Å². The molecule has 0 bridgehead atoms. The molecule has 222 valence electrons. The lowest BCUT2D eigenvalue weighted by atomic mass is 9.88. The van der Waals surface area contributed by atoms with E-state index >= 15 is 0 Å². The monoisotopic (exact) mass is 603 g/mol. The zero-order valence-electron chi connectivity index (χ0n) is 22.8. The van der Waals surface area contributed by atoms with Crippen LogP contribution in [0.1, 0.15) is 19.3 Å². The number of hydrogen-bond acceptors (Lipinski definition) is 9. The first kappa shape index (κ1) is 29.9. The molecule has 3 aromatic carbocycles. The van der Waals surface area contributed by atoms with Gasteiger partial charge >= 0.3 is 0 Å². The van der Waals surface area contributed by atoms with Crippen LogP contribution in [0, 0.1) is 0 Å². The summed E-state index contributed by atoms with van der Waals surface area (Å²) in [6.45, 7) is 1.56. The van der Waals surface area contributed by atoms with Crippen molar-refractivity contribution >= 4 is 30.6 Å². The van der Waals surface area contributed by atoms with Crippen molar-refractivity contribution < 1.29 is 31.4 Å². The molecule has 1 unspecified atom stereocenters. The zero-order chi connectivity index (χ0) is 29.1. The number of rotatable bonds is 11. The van der Waals surface area contributed by atoms with E-state index in [1.807, 2.05) is 30.3 Å². The summed E-state index contributed by atoms with van der Waals surface area (Å²) in [6, 6.07) is 19.1. The number of fused-ring (bicyclic) bond motifs is 1. The average Bonchev–Trinajstić information content (AvgIpc) is 3.37. The Hall–Kier alpha value is -2.58. The summed E-state index contributed by atoms with van der Waals surface area (Å²) < 4.78 is 64.5. The van der Waals surface area contributed by atoms with Gasteiger partial charge < -0.3 is 25.6 Å². The van der Waals surface area contributed by atoms with Crippen molar-refractivity contribution in [3.63, 3.8) is 0 Å². The second kappa shape index (κ2) is 12.3. The van der Waals surface area contributed by atoms with Gasteiger partial charge in [0.2, 0.25) is 10.0 Å². The lowest BCUT2D eigenvalue weighted by Crippen LogP contribution is -2.47. The highest BCUT2D eigenvalue weighted by Gasteiger charge is 2.44. The van der Waals surface area contributed by atoms with Crippen LogP contribution >= 0.6 is 0 Å². The first-order valence-corrected chi connectivity index (χ1v) is 16.9. The minimum absolute atomic E-state index is 0.00625. The summed E-state index contributed by atoms with van der Waals surface area (Å²) in [5, 5.41) is 15.7. The van der Waals surface area contributed by atoms with Gasteiger partial charge in [0.15, 0.2) is 9.84 Å². The van der Waals surface area contributed by atoms with E-state index in [1.54, 1.807) is 28.6 Å². The summed E-state index contributed by atoms with van der Waals surface area (Å²) in [7, 11) is -7.07. The molecule has 0 aliphatic carbocycles. The van der Waals surface area contributed by atoms with Gasteiger partial charge in [-0.2, -0.15) is 4.31 Å². The smallest absolute Gasteiger partial charge is 0.243 e. The van der Waals surface area contributed by atoms with Gasteiger partial charge in [0.05, 0.1) is 27.8 Å². The normalized spacial score (nSPS) is 20.4. The average molecular weight is 604 g/mol. The van der Waals surface area contributed by atoms with E-state index < -0.39 is 26.0 Å². The van der Waals surface area contributed by atoms with Crippen molar-refractivity contribution in [2.45, 2.75) is 46.8 Å². The van der Waals surface area contributed by atoms with E-state index in [-0.39, 0.29) is 42.0 Å². The van der Waals surface area contributed by atoms with Crippen LogP contribution in [0.4, 0.5) is 0 Å². The third-order valence-corrected chi connectivity index (χ3v) is 11.5. The number of piperidine rings is 1. The van der Waals surface area contributed by atoms with Crippen molar-refractivity contribution in [3.8, 4) is 5.75 Å². The molecular formula is C29H37N3O7S2. The van der Waals surface area contributed by atoms with E-state index in [9.17, 15) is 21.9 Å². The summed E-state index contributed by atoms with van der Waals surface area (Å²) >= 11 is 0. The number of sulfone groups is 1. The first-order valence-electron chi connectivity index (χ1n) is 13.8. The molecule has 3 aromatic rings. The number of nitrogens with zero attached hydrogens (tertiary/aromatic N) is 1. The molecule has 2 heterocycles. The molecule has 41 heavy (non-hydrogen) atoms. The van der Waals surface area contributed by atoms with Crippen molar-refractivity contribution in [1.29, 1.82) is 0 Å². The minimum atomic E-state index is -3.60. The van der Waals surface area contributed by atoms with Crippen LogP contribution in [0.15, 0.2) is 76.5 Å². The highest BCUT2D eigenvalue weighted by atomic mass is 32.2. The third kappa shape index (κ3) is 6.91. The molecule has 2 fully saturated rings. The second-order valence-corrected chi connectivity index (χ2v) is 14.8. The quantitative estimate of drug-likeness (QED) is 0.299. The highest BCUT2D eigenvalue weighted by molar-refractivity contribution is 7.91. The molecule has 1 spiro atoms. The van der Waals surface area contributed by atoms with E-state index in [4.69, 9.17) is 15.2 Å². The molecule has 0 aromatic heterocycles. The zero-order valence-corrected chi connectivity index (χ0v) is 24.4. The van der Waals surface area contributed by atoms with Gasteiger partial charge in [0.25, 0.3) is 0 Å². The molecule has 0 radical (unpaired) electrons. The Labute approximate surface area is 241 Å². The van der Waals surface area contributed by atoms with Gasteiger partial charge in [-0.3, -0.25) is 0 Å². The summed E-state index contributed by atoms with van der Waals surface area (Å²) in [6.07, 6.45) is 1.12. The van der Waals surface area contributed by atoms with Gasteiger partial charge in [-0.05, 0) is 60.4 Å². The van der Waals surface area contributed by atoms with Crippen LogP contribution in [-0.2, 0) is 24.6 Å². The topological polar surface area (TPSA) is 148 Å². The summed E-state index contributed by atoms with van der Waals surface area (Å²) in [5.74, 6) is 0.211. The van der Waals surface area contributed by atoms with Crippen LogP contribution in [0.2, 0.25) is 0 Å². The lowest BCUT2D eigenvalue weighted by Gasteiger charge is -2.38. The number of benzene rings is 3. The largest absolute Gasteiger partial charge is 0.491 e. The Kier molecular flexibility index (Phi) is 9.00. The molecule has 2 aliphatic rings. The highest BCUT2D eigenvalue weighted by Crippen LogP contribution is 2.37. The van der Waals surface area contributed by atoms with Gasteiger partial charge in [-0.1, -0.05) is 36.4 Å². The van der Waals surface area contributed by atoms with Crippen molar-refractivity contribution in [2.75, 3.05) is 45.1 Å². The Bertz CT molecular complexity index is 1570. The summed E-state index contributed by atoms with van der Waals surface area (Å²) in [4.78, 5) is 0.441. The first-order chi connectivity index (χ1) is 19.6. The molecule has 0 saturated carbocycles. The van der Waals surface area contributed by atoms with E-state index in [1.165, 1.54) is 12.1 Å². The second-order valence-electron chi connectivity index (χ2n) is 10.8. The third-order valence-electron chi connectivity index (χ3n) is 7.84. The maximum Gasteiger partial charge on any atom is 0.243 e. The molecule has 5 rings (SSSR count). The van der Waals surface area contributed by atoms with E-state index in [0.29, 0.717) is 43.2 Å². The number of nitrogens with one attached hydrogen (secondary N) is 1. The minimum Gasteiger partial charge on any atom is -0.491 e. The van der Waals surface area contributed by atoms with Crippen molar-refractivity contribution in [3.05, 3.63) is 66.7 Å². The molecule has 2 saturated heterocycles. The van der Waals surface area contributed by atoms with Gasteiger partial charge in [0.1, 0.15) is 18.5 Å². The van der Waals surface area contributed by atoms with Gasteiger partial charge in [-0.25, -0.2) is 16.8 Å². The fourth-order valence-corrected chi connectivity index (χ4v) is 8.12. The number of sulfonamides is 1. The molecule has 2 aliphatic heterocycles. The maximum absolute atomic E-state index is 13.3. The number of ether oxygens (including phenoxy) is 2. The standard InChI is InChI=1S/C29H37N3O7S2/c30-12-15-40(34,35)27-7-3-6-26(17-27)38-21-25(33)19-31-24-18-29(39-20-24)10-13-32(14-11-29)41(36,37)28-9-8-22-4-1-2-5-23(22)16-28/h1-9,16-17,24-25,31,33H,10-15,18-21,30H2/t24?,25-/m0/s1. The number of nitrogens with two attached hydrogens (primary N) is 1. The predicted molar refractivity (Wildman–Crippen MR) is 156 cm³/mol. The molecule has 2 atom stereocenters. The molecule has 10 nitrogen and oxygen atoms in total. The number of hydrogen-bond donors (Lipinski definition) is 3. The van der Waals surface area contributed by atoms with Crippen molar-refractivity contribution in [1.82, 2.24) is 9.62 Å². The van der Waals surface area contributed by atoms with Gasteiger partial charge in [-0.15, -0.1) is 0 Å². The Morgan fingerprint density at radius 2 is 1.76 bits per heavy atom. The van der Waals surface area contributed by atoms with E-state index in [0.717, 1.165) is 17.2 Å². The summed E-state index contributed by atoms with van der Waals surface area (Å²) in [5.41, 5.74) is 5.01. The molecule has 4 N–H and O–H groups in total. The van der Waals surface area contributed by atoms with Gasteiger partial charge in [0, 0.05) is 32.2 Å². The van der Waals surface area contributed by atoms with Crippen LogP contribution in [0.3, 0.4) is 0 Å². The number of aliphatic hydroxyl groups is 1. The Morgan fingerprint density at radius 1 is 1.00 bits per heavy atom.